The van der Waals surface area contributed by atoms with Crippen molar-refractivity contribution in [3.8, 4) is 11.5 Å². The molecule has 2 aromatic carbocycles. The van der Waals surface area contributed by atoms with Gasteiger partial charge in [0, 0.05) is 11.4 Å². The predicted octanol–water partition coefficient (Wildman–Crippen LogP) is 4.31. The van der Waals surface area contributed by atoms with Crippen LogP contribution in [0.4, 0.5) is 0 Å². The minimum absolute atomic E-state index is 0.114. The first-order chi connectivity index (χ1) is 11.9. The highest BCUT2D eigenvalue weighted by molar-refractivity contribution is 6.30. The average Bonchev–Trinajstić information content (AvgIpc) is 2.98. The maximum Gasteiger partial charge on any atom is 0.261 e. The number of rotatable bonds is 5. The summed E-state index contributed by atoms with van der Waals surface area (Å²) in [7, 11) is 0. The van der Waals surface area contributed by atoms with Gasteiger partial charge in [0.1, 0.15) is 11.5 Å². The van der Waals surface area contributed by atoms with Gasteiger partial charge in [0.2, 0.25) is 0 Å². The summed E-state index contributed by atoms with van der Waals surface area (Å²) in [5.41, 5.74) is 1.98. The third-order valence-corrected chi connectivity index (χ3v) is 4.34. The molecule has 0 aromatic heterocycles. The molecule has 2 aromatic rings. The van der Waals surface area contributed by atoms with Gasteiger partial charge in [-0.2, -0.15) is 0 Å². The van der Waals surface area contributed by atoms with Gasteiger partial charge < -0.3 is 14.8 Å². The molecule has 2 atom stereocenters. The molecule has 1 aliphatic heterocycles. The van der Waals surface area contributed by atoms with Crippen molar-refractivity contribution >= 4 is 17.5 Å². The van der Waals surface area contributed by atoms with Crippen LogP contribution in [-0.2, 0) is 11.2 Å². The van der Waals surface area contributed by atoms with Gasteiger partial charge in [-0.3, -0.25) is 4.79 Å². The summed E-state index contributed by atoms with van der Waals surface area (Å²) < 4.78 is 11.4. The van der Waals surface area contributed by atoms with Gasteiger partial charge in [-0.1, -0.05) is 23.7 Å². The molecule has 4 nitrogen and oxygen atoms in total. The molecule has 0 fully saturated rings. The molecule has 0 aliphatic carbocycles. The lowest BCUT2D eigenvalue weighted by molar-refractivity contribution is -0.127. The standard InChI is InChI=1S/C20H22ClNO3/c1-12(2)24-17-7-4-14(5-8-17)13(3)22-20(23)19-11-15-10-16(21)6-9-18(15)25-19/h4-10,12-13,19H,11H2,1-3H3,(H,22,23). The number of ether oxygens (including phenoxy) is 2. The summed E-state index contributed by atoms with van der Waals surface area (Å²) in [4.78, 5) is 12.5. The lowest BCUT2D eigenvalue weighted by Crippen LogP contribution is -2.38. The van der Waals surface area contributed by atoms with E-state index < -0.39 is 6.10 Å². The first-order valence-electron chi connectivity index (χ1n) is 8.44. The minimum atomic E-state index is -0.514. The normalized spacial score (nSPS) is 16.9. The van der Waals surface area contributed by atoms with E-state index in [2.05, 4.69) is 5.32 Å². The van der Waals surface area contributed by atoms with Crippen LogP contribution in [0.3, 0.4) is 0 Å². The largest absolute Gasteiger partial charge is 0.491 e. The maximum absolute atomic E-state index is 12.5. The molecule has 0 radical (unpaired) electrons. The van der Waals surface area contributed by atoms with Crippen LogP contribution >= 0.6 is 11.6 Å². The van der Waals surface area contributed by atoms with E-state index in [4.69, 9.17) is 21.1 Å². The zero-order valence-electron chi connectivity index (χ0n) is 14.6. The van der Waals surface area contributed by atoms with Crippen molar-refractivity contribution in [3.63, 3.8) is 0 Å². The van der Waals surface area contributed by atoms with Gasteiger partial charge in [0.25, 0.3) is 5.91 Å². The van der Waals surface area contributed by atoms with Crippen LogP contribution in [-0.4, -0.2) is 18.1 Å². The molecular formula is C20H22ClNO3. The highest BCUT2D eigenvalue weighted by atomic mass is 35.5. The molecule has 0 saturated heterocycles. The number of hydrogen-bond donors (Lipinski definition) is 1. The topological polar surface area (TPSA) is 47.6 Å². The van der Waals surface area contributed by atoms with Crippen LogP contribution in [0.25, 0.3) is 0 Å². The number of benzene rings is 2. The Labute approximate surface area is 153 Å². The Bertz CT molecular complexity index is 758. The van der Waals surface area contributed by atoms with Crippen molar-refractivity contribution < 1.29 is 14.3 Å². The van der Waals surface area contributed by atoms with E-state index in [1.54, 1.807) is 6.07 Å². The summed E-state index contributed by atoms with van der Waals surface area (Å²) in [5, 5.41) is 3.66. The Morgan fingerprint density at radius 2 is 1.92 bits per heavy atom. The van der Waals surface area contributed by atoms with Crippen molar-refractivity contribution in [1.82, 2.24) is 5.32 Å². The zero-order chi connectivity index (χ0) is 18.0. The fraction of sp³-hybridized carbons (Fsp3) is 0.350. The van der Waals surface area contributed by atoms with Crippen molar-refractivity contribution in [1.29, 1.82) is 0 Å². The Hall–Kier alpha value is -2.20. The Balaban J connectivity index is 1.60. The van der Waals surface area contributed by atoms with Crippen LogP contribution in [0.2, 0.25) is 5.02 Å². The van der Waals surface area contributed by atoms with E-state index in [9.17, 15) is 4.79 Å². The zero-order valence-corrected chi connectivity index (χ0v) is 15.3. The van der Waals surface area contributed by atoms with Gasteiger partial charge in [0.05, 0.1) is 12.1 Å². The molecule has 25 heavy (non-hydrogen) atoms. The molecular weight excluding hydrogens is 338 g/mol. The Morgan fingerprint density at radius 3 is 2.60 bits per heavy atom. The SMILES string of the molecule is CC(C)Oc1ccc(C(C)NC(=O)C2Cc3cc(Cl)ccc3O2)cc1. The molecule has 1 N–H and O–H groups in total. The molecule has 132 valence electrons. The summed E-state index contributed by atoms with van der Waals surface area (Å²) in [6, 6.07) is 13.1. The summed E-state index contributed by atoms with van der Waals surface area (Å²) in [6.07, 6.45) is 0.160. The molecule has 2 unspecified atom stereocenters. The number of halogens is 1. The van der Waals surface area contributed by atoms with E-state index in [1.807, 2.05) is 57.2 Å². The number of carbonyl (C=O) groups is 1. The van der Waals surface area contributed by atoms with E-state index >= 15 is 0 Å². The van der Waals surface area contributed by atoms with Gasteiger partial charge in [-0.05, 0) is 62.2 Å². The minimum Gasteiger partial charge on any atom is -0.491 e. The van der Waals surface area contributed by atoms with Gasteiger partial charge in [-0.15, -0.1) is 0 Å². The van der Waals surface area contributed by atoms with Gasteiger partial charge in [0.15, 0.2) is 6.10 Å². The fourth-order valence-corrected chi connectivity index (χ4v) is 3.05. The first-order valence-corrected chi connectivity index (χ1v) is 8.82. The second-order valence-corrected chi connectivity index (χ2v) is 6.97. The molecule has 0 saturated carbocycles. The molecule has 0 bridgehead atoms. The predicted molar refractivity (Wildman–Crippen MR) is 98.3 cm³/mol. The lowest BCUT2D eigenvalue weighted by Gasteiger charge is -2.18. The Kier molecular flexibility index (Phi) is 5.19. The van der Waals surface area contributed by atoms with Crippen LogP contribution in [0.15, 0.2) is 42.5 Å². The van der Waals surface area contributed by atoms with E-state index in [0.717, 1.165) is 22.6 Å². The van der Waals surface area contributed by atoms with Crippen molar-refractivity contribution in [2.45, 2.75) is 45.4 Å². The van der Waals surface area contributed by atoms with Crippen molar-refractivity contribution in [2.75, 3.05) is 0 Å². The monoisotopic (exact) mass is 359 g/mol. The van der Waals surface area contributed by atoms with Gasteiger partial charge in [-0.25, -0.2) is 0 Å². The lowest BCUT2D eigenvalue weighted by atomic mass is 10.1. The third-order valence-electron chi connectivity index (χ3n) is 4.10. The average molecular weight is 360 g/mol. The van der Waals surface area contributed by atoms with Crippen molar-refractivity contribution in [2.24, 2.45) is 0 Å². The van der Waals surface area contributed by atoms with E-state index in [-0.39, 0.29) is 18.1 Å². The van der Waals surface area contributed by atoms with E-state index in [1.165, 1.54) is 0 Å². The fourth-order valence-electron chi connectivity index (χ4n) is 2.86. The maximum atomic E-state index is 12.5. The smallest absolute Gasteiger partial charge is 0.261 e. The van der Waals surface area contributed by atoms with Crippen LogP contribution in [0.5, 0.6) is 11.5 Å². The van der Waals surface area contributed by atoms with Gasteiger partial charge >= 0.3 is 0 Å². The van der Waals surface area contributed by atoms with Crippen LogP contribution < -0.4 is 14.8 Å². The number of fused-ring (bicyclic) bond motifs is 1. The summed E-state index contributed by atoms with van der Waals surface area (Å²) in [6.45, 7) is 5.93. The highest BCUT2D eigenvalue weighted by Gasteiger charge is 2.30. The Morgan fingerprint density at radius 1 is 1.20 bits per heavy atom. The molecule has 3 rings (SSSR count). The second-order valence-electron chi connectivity index (χ2n) is 6.53. The highest BCUT2D eigenvalue weighted by Crippen LogP contribution is 2.31. The summed E-state index contributed by atoms with van der Waals surface area (Å²) >= 11 is 5.99. The molecule has 1 aliphatic rings. The van der Waals surface area contributed by atoms with Crippen molar-refractivity contribution in [3.05, 3.63) is 58.6 Å². The van der Waals surface area contributed by atoms with Crippen LogP contribution in [0, 0.1) is 0 Å². The second kappa shape index (κ2) is 7.36. The number of carbonyl (C=O) groups excluding carboxylic acids is 1. The van der Waals surface area contributed by atoms with Crippen LogP contribution in [0.1, 0.15) is 37.9 Å². The third kappa shape index (κ3) is 4.26. The molecule has 1 amide bonds. The van der Waals surface area contributed by atoms with E-state index in [0.29, 0.717) is 11.4 Å². The molecule has 0 spiro atoms. The number of nitrogens with one attached hydrogen (secondary N) is 1. The number of hydrogen-bond acceptors (Lipinski definition) is 3. The molecule has 5 heteroatoms. The summed E-state index contributed by atoms with van der Waals surface area (Å²) in [5.74, 6) is 1.43. The first kappa shape index (κ1) is 17.6. The number of amides is 1. The molecule has 1 heterocycles. The quantitative estimate of drug-likeness (QED) is 0.865.